The lowest BCUT2D eigenvalue weighted by molar-refractivity contribution is -0.111. The lowest BCUT2D eigenvalue weighted by Gasteiger charge is -2.23. The number of fused-ring (bicyclic) bond motifs is 1. The van der Waals surface area contributed by atoms with E-state index in [4.69, 9.17) is 0 Å². The number of nitriles is 1. The number of hydrogen-bond acceptors (Lipinski definition) is 6. The van der Waals surface area contributed by atoms with Gasteiger partial charge >= 0.3 is 0 Å². The number of nitrogens with zero attached hydrogens (tertiary/aromatic N) is 4. The van der Waals surface area contributed by atoms with Crippen molar-refractivity contribution >= 4 is 40.5 Å². The number of aryl methyl sites for hydroxylation is 1. The summed E-state index contributed by atoms with van der Waals surface area (Å²) >= 11 is 0. The number of anilines is 3. The molecule has 43 heavy (non-hydrogen) atoms. The summed E-state index contributed by atoms with van der Waals surface area (Å²) in [5, 5.41) is 14.1. The van der Waals surface area contributed by atoms with Crippen molar-refractivity contribution in [3.63, 3.8) is 0 Å². The quantitative estimate of drug-likeness (QED) is 0.0917. The van der Waals surface area contributed by atoms with Crippen LogP contribution in [0.3, 0.4) is 0 Å². The van der Waals surface area contributed by atoms with E-state index in [9.17, 15) is 19.6 Å². The molecule has 0 spiro atoms. The van der Waals surface area contributed by atoms with Gasteiger partial charge in [0.2, 0.25) is 5.71 Å². The zero-order valence-electron chi connectivity index (χ0n) is 25.2. The van der Waals surface area contributed by atoms with Gasteiger partial charge in [-0.3, -0.25) is 29.6 Å². The first-order valence-electron chi connectivity index (χ1n) is 15.2. The van der Waals surface area contributed by atoms with Crippen LogP contribution < -0.4 is 10.3 Å². The molecule has 3 aromatic rings. The lowest BCUT2D eigenvalue weighted by atomic mass is 10.0. The highest BCUT2D eigenvalue weighted by atomic mass is 16.2. The molecule has 4 rings (SSSR count). The van der Waals surface area contributed by atoms with Gasteiger partial charge in [-0.1, -0.05) is 82.9 Å². The summed E-state index contributed by atoms with van der Waals surface area (Å²) in [6, 6.07) is 23.5. The molecule has 3 amide bonds. The number of nitrogens with one attached hydrogen (secondary N) is 1. The molecule has 0 aromatic heterocycles. The average molecular weight is 578 g/mol. The molecule has 0 bridgehead atoms. The van der Waals surface area contributed by atoms with E-state index >= 15 is 0 Å². The lowest BCUT2D eigenvalue weighted by Crippen LogP contribution is -2.39. The molecule has 1 heterocycles. The molecule has 1 aliphatic heterocycles. The predicted molar refractivity (Wildman–Crippen MR) is 170 cm³/mol. The van der Waals surface area contributed by atoms with Gasteiger partial charge in [0.05, 0.1) is 16.8 Å². The summed E-state index contributed by atoms with van der Waals surface area (Å²) in [6.07, 6.45) is 8.27. The first kappa shape index (κ1) is 31.2. The number of hydrogen-bond donors (Lipinski definition) is 1. The summed E-state index contributed by atoms with van der Waals surface area (Å²) in [4.78, 5) is 43.0. The van der Waals surface area contributed by atoms with E-state index in [0.29, 0.717) is 24.2 Å². The molecular formula is C35H39N5O3. The van der Waals surface area contributed by atoms with Crippen LogP contribution >= 0.6 is 0 Å². The predicted octanol–water partition coefficient (Wildman–Crippen LogP) is 7.64. The number of rotatable bonds is 14. The zero-order chi connectivity index (χ0) is 30.8. The number of amides is 3. The normalized spacial score (nSPS) is 12.8. The second-order valence-electron chi connectivity index (χ2n) is 10.7. The van der Waals surface area contributed by atoms with E-state index in [2.05, 4.69) is 17.5 Å². The largest absolute Gasteiger partial charge is 0.294 e. The van der Waals surface area contributed by atoms with Crippen LogP contribution in [0.5, 0.6) is 0 Å². The monoisotopic (exact) mass is 577 g/mol. The van der Waals surface area contributed by atoms with E-state index < -0.39 is 17.5 Å². The average Bonchev–Trinajstić information content (AvgIpc) is 3.29. The van der Waals surface area contributed by atoms with Crippen LogP contribution in [0.15, 0.2) is 77.9 Å². The number of carbonyl (C=O) groups is 3. The van der Waals surface area contributed by atoms with E-state index in [1.165, 1.54) is 41.0 Å². The van der Waals surface area contributed by atoms with Gasteiger partial charge < -0.3 is 0 Å². The Morgan fingerprint density at radius 1 is 0.860 bits per heavy atom. The van der Waals surface area contributed by atoms with Gasteiger partial charge in [-0.25, -0.2) is 0 Å². The van der Waals surface area contributed by atoms with Crippen molar-refractivity contribution in [1.29, 1.82) is 5.26 Å². The van der Waals surface area contributed by atoms with E-state index in [-0.39, 0.29) is 28.8 Å². The fraction of sp³-hybridized carbons (Fsp3) is 0.343. The zero-order valence-corrected chi connectivity index (χ0v) is 25.2. The molecule has 0 fully saturated rings. The minimum atomic E-state index is -0.623. The Morgan fingerprint density at radius 3 is 2.19 bits per heavy atom. The molecule has 0 unspecified atom stereocenters. The molecule has 0 aliphatic carbocycles. The molecule has 3 aromatic carbocycles. The fourth-order valence-electron chi connectivity index (χ4n) is 5.43. The van der Waals surface area contributed by atoms with Crippen molar-refractivity contribution in [2.45, 2.75) is 78.2 Å². The third kappa shape index (κ3) is 7.00. The van der Waals surface area contributed by atoms with E-state index in [1.54, 1.807) is 30.3 Å². The Labute approximate surface area is 254 Å². The van der Waals surface area contributed by atoms with Gasteiger partial charge in [-0.2, -0.15) is 10.4 Å². The van der Waals surface area contributed by atoms with Crippen molar-refractivity contribution in [3.05, 3.63) is 89.5 Å². The van der Waals surface area contributed by atoms with Gasteiger partial charge in [-0.05, 0) is 67.6 Å². The number of unbranched alkanes of at least 4 members (excludes halogenated alkanes) is 4. The number of para-hydroxylation sites is 1. The van der Waals surface area contributed by atoms with Crippen LogP contribution in [0, 0.1) is 11.3 Å². The molecule has 0 atom stereocenters. The Hall–Kier alpha value is -4.77. The van der Waals surface area contributed by atoms with Gasteiger partial charge in [0.15, 0.2) is 0 Å². The minimum absolute atomic E-state index is 0.193. The smallest absolute Gasteiger partial charge is 0.276 e. The first-order chi connectivity index (χ1) is 20.9. The highest BCUT2D eigenvalue weighted by molar-refractivity contribution is 6.50. The molecule has 8 heteroatoms. The van der Waals surface area contributed by atoms with Gasteiger partial charge in [0.1, 0.15) is 6.07 Å². The summed E-state index contributed by atoms with van der Waals surface area (Å²) < 4.78 is 0. The molecule has 0 saturated heterocycles. The highest BCUT2D eigenvalue weighted by Crippen LogP contribution is 2.32. The fourth-order valence-corrected chi connectivity index (χ4v) is 5.43. The molecular weight excluding hydrogens is 538 g/mol. The maximum Gasteiger partial charge on any atom is 0.294 e. The maximum atomic E-state index is 13.8. The summed E-state index contributed by atoms with van der Waals surface area (Å²) in [5.41, 5.74) is 5.47. The Morgan fingerprint density at radius 2 is 1.53 bits per heavy atom. The third-order valence-corrected chi connectivity index (χ3v) is 7.83. The summed E-state index contributed by atoms with van der Waals surface area (Å²) in [7, 11) is 0. The molecule has 8 nitrogen and oxygen atoms in total. The summed E-state index contributed by atoms with van der Waals surface area (Å²) in [5.74, 6) is -1.38. The van der Waals surface area contributed by atoms with E-state index in [0.717, 1.165) is 12.8 Å². The van der Waals surface area contributed by atoms with Gasteiger partial charge in [0, 0.05) is 17.4 Å². The van der Waals surface area contributed by atoms with Crippen molar-refractivity contribution < 1.29 is 14.4 Å². The van der Waals surface area contributed by atoms with Crippen molar-refractivity contribution in [2.75, 3.05) is 10.3 Å². The number of carbonyl (C=O) groups excluding carboxylic acids is 3. The van der Waals surface area contributed by atoms with Crippen molar-refractivity contribution in [2.24, 2.45) is 5.10 Å². The SMILES string of the molecule is CCCCCCCc1ccc(N(C(=O)C(C#N)=NNc2cccc3c2C(=O)N(C(CC)CC)C3=O)c2ccccc2)cc1. The Bertz CT molecular complexity index is 1500. The standard InChI is InChI=1S/C35H39N5O3/c1-4-7-8-9-11-15-25-20-22-28(23-21-25)39(27-16-12-10-13-17-27)34(42)31(24-36)38-37-30-19-14-18-29-32(30)35(43)40(33(29)41)26(5-2)6-3/h10,12-14,16-23,26,37H,4-9,11,15H2,1-3H3. The van der Waals surface area contributed by atoms with Crippen LogP contribution in [0.1, 0.15) is 92.0 Å². The summed E-state index contributed by atoms with van der Waals surface area (Å²) in [6.45, 7) is 6.08. The molecule has 222 valence electrons. The van der Waals surface area contributed by atoms with Gasteiger partial charge in [0.25, 0.3) is 17.7 Å². The number of hydrazone groups is 1. The van der Waals surface area contributed by atoms with Crippen molar-refractivity contribution in [1.82, 2.24) is 4.90 Å². The second kappa shape index (κ2) is 14.9. The maximum absolute atomic E-state index is 13.8. The third-order valence-electron chi connectivity index (χ3n) is 7.83. The molecule has 1 aliphatic rings. The highest BCUT2D eigenvalue weighted by Gasteiger charge is 2.40. The van der Waals surface area contributed by atoms with Crippen LogP contribution in [0.25, 0.3) is 0 Å². The molecule has 1 N–H and O–H groups in total. The minimum Gasteiger partial charge on any atom is -0.276 e. The van der Waals surface area contributed by atoms with Gasteiger partial charge in [-0.15, -0.1) is 0 Å². The molecule has 0 radical (unpaired) electrons. The number of imide groups is 1. The van der Waals surface area contributed by atoms with Crippen LogP contribution in [-0.4, -0.2) is 34.4 Å². The van der Waals surface area contributed by atoms with Crippen LogP contribution in [0.4, 0.5) is 17.1 Å². The Balaban J connectivity index is 1.59. The van der Waals surface area contributed by atoms with Crippen LogP contribution in [0.2, 0.25) is 0 Å². The Kier molecular flexibility index (Phi) is 10.8. The second-order valence-corrected chi connectivity index (χ2v) is 10.7. The first-order valence-corrected chi connectivity index (χ1v) is 15.2. The van der Waals surface area contributed by atoms with E-state index in [1.807, 2.05) is 62.4 Å². The molecule has 0 saturated carbocycles. The topological polar surface area (TPSA) is 106 Å². The van der Waals surface area contributed by atoms with Crippen LogP contribution in [-0.2, 0) is 11.2 Å². The number of benzene rings is 3. The van der Waals surface area contributed by atoms with Crippen molar-refractivity contribution in [3.8, 4) is 6.07 Å².